The highest BCUT2D eigenvalue weighted by atomic mass is 16.2. The van der Waals surface area contributed by atoms with Crippen molar-refractivity contribution in [2.24, 2.45) is 5.10 Å². The van der Waals surface area contributed by atoms with E-state index >= 15 is 0 Å². The van der Waals surface area contributed by atoms with Crippen molar-refractivity contribution in [3.05, 3.63) is 88.7 Å². The maximum atomic E-state index is 12.4. The van der Waals surface area contributed by atoms with Crippen molar-refractivity contribution in [3.63, 3.8) is 0 Å². The summed E-state index contributed by atoms with van der Waals surface area (Å²) in [4.78, 5) is 12.4. The monoisotopic (exact) mass is 346 g/mol. The number of rotatable bonds is 5. The third kappa shape index (κ3) is 4.25. The maximum absolute atomic E-state index is 12.4. The van der Waals surface area contributed by atoms with Crippen LogP contribution in [0.5, 0.6) is 0 Å². The molecule has 0 atom stereocenters. The Bertz CT molecular complexity index is 942. The summed E-state index contributed by atoms with van der Waals surface area (Å²) >= 11 is 0. The topological polar surface area (TPSA) is 59.3 Å². The molecule has 1 aromatic heterocycles. The van der Waals surface area contributed by atoms with E-state index in [9.17, 15) is 4.79 Å². The van der Waals surface area contributed by atoms with E-state index in [1.807, 2.05) is 80.1 Å². The third-order valence-corrected chi connectivity index (χ3v) is 4.14. The zero-order valence-electron chi connectivity index (χ0n) is 15.2. The van der Waals surface area contributed by atoms with Crippen LogP contribution in [0.4, 0.5) is 0 Å². The van der Waals surface area contributed by atoms with Gasteiger partial charge in [0.25, 0.3) is 5.91 Å². The first-order chi connectivity index (χ1) is 12.5. The van der Waals surface area contributed by atoms with E-state index in [2.05, 4.69) is 15.6 Å². The molecule has 3 rings (SSSR count). The molecule has 0 bridgehead atoms. The van der Waals surface area contributed by atoms with Gasteiger partial charge in [-0.3, -0.25) is 9.48 Å². The molecule has 0 saturated heterocycles. The van der Waals surface area contributed by atoms with Crippen molar-refractivity contribution >= 4 is 11.6 Å². The lowest BCUT2D eigenvalue weighted by molar-refractivity contribution is 0.0954. The van der Waals surface area contributed by atoms with Gasteiger partial charge in [0, 0.05) is 11.3 Å². The second kappa shape index (κ2) is 7.78. The zero-order valence-corrected chi connectivity index (χ0v) is 15.2. The number of aromatic nitrogens is 2. The largest absolute Gasteiger partial charge is 0.271 e. The van der Waals surface area contributed by atoms with E-state index in [0.717, 1.165) is 28.2 Å². The molecule has 0 aliphatic rings. The van der Waals surface area contributed by atoms with Gasteiger partial charge in [-0.25, -0.2) is 5.43 Å². The molecule has 0 aliphatic carbocycles. The molecule has 3 aromatic rings. The molecular weight excluding hydrogens is 324 g/mol. The molecule has 132 valence electrons. The van der Waals surface area contributed by atoms with E-state index in [1.165, 1.54) is 0 Å². The van der Waals surface area contributed by atoms with Crippen LogP contribution in [0.2, 0.25) is 0 Å². The normalized spacial score (nSPS) is 11.4. The first kappa shape index (κ1) is 17.6. The Labute approximate surface area is 153 Å². The lowest BCUT2D eigenvalue weighted by Gasteiger charge is -2.07. The highest BCUT2D eigenvalue weighted by Crippen LogP contribution is 2.10. The van der Waals surface area contributed by atoms with Crippen LogP contribution in [0, 0.1) is 13.8 Å². The van der Waals surface area contributed by atoms with Crippen molar-refractivity contribution < 1.29 is 4.79 Å². The molecule has 5 nitrogen and oxygen atoms in total. The van der Waals surface area contributed by atoms with Crippen molar-refractivity contribution in [2.75, 3.05) is 0 Å². The van der Waals surface area contributed by atoms with Gasteiger partial charge in [0.15, 0.2) is 0 Å². The molecule has 5 heteroatoms. The van der Waals surface area contributed by atoms with Gasteiger partial charge in [-0.05, 0) is 50.1 Å². The van der Waals surface area contributed by atoms with Crippen LogP contribution in [0.1, 0.15) is 39.8 Å². The number of nitrogens with one attached hydrogen (secondary N) is 1. The van der Waals surface area contributed by atoms with Gasteiger partial charge in [0.1, 0.15) is 0 Å². The Hall–Kier alpha value is -3.21. The Balaban J connectivity index is 1.71. The van der Waals surface area contributed by atoms with E-state index in [1.54, 1.807) is 6.07 Å². The maximum Gasteiger partial charge on any atom is 0.271 e. The van der Waals surface area contributed by atoms with Crippen molar-refractivity contribution in [2.45, 2.75) is 27.3 Å². The number of carbonyl (C=O) groups excluding carboxylic acids is 1. The summed E-state index contributed by atoms with van der Waals surface area (Å²) in [6.45, 7) is 6.50. The lowest BCUT2D eigenvalue weighted by Crippen LogP contribution is -2.19. The number of hydrogen-bond acceptors (Lipinski definition) is 3. The number of carbonyl (C=O) groups is 1. The molecule has 1 heterocycles. The van der Waals surface area contributed by atoms with Gasteiger partial charge in [-0.1, -0.05) is 42.5 Å². The minimum absolute atomic E-state index is 0.226. The molecule has 0 aliphatic heterocycles. The SMILES string of the molecule is C/C(=N\NC(=O)c1cccc(Cn2nc(C)cc2C)c1)c1ccccc1. The molecule has 1 N–H and O–H groups in total. The summed E-state index contributed by atoms with van der Waals surface area (Å²) in [5, 5.41) is 8.67. The average molecular weight is 346 g/mol. The Kier molecular flexibility index (Phi) is 5.27. The average Bonchev–Trinajstić information content (AvgIpc) is 2.97. The first-order valence-electron chi connectivity index (χ1n) is 8.53. The number of hydrazone groups is 1. The summed E-state index contributed by atoms with van der Waals surface area (Å²) in [7, 11) is 0. The zero-order chi connectivity index (χ0) is 18.5. The fraction of sp³-hybridized carbons (Fsp3) is 0.190. The summed E-state index contributed by atoms with van der Waals surface area (Å²) in [5.74, 6) is -0.226. The van der Waals surface area contributed by atoms with E-state index < -0.39 is 0 Å². The van der Waals surface area contributed by atoms with Gasteiger partial charge in [-0.15, -0.1) is 0 Å². The van der Waals surface area contributed by atoms with E-state index in [4.69, 9.17) is 0 Å². The van der Waals surface area contributed by atoms with Crippen LogP contribution in [-0.4, -0.2) is 21.4 Å². The van der Waals surface area contributed by atoms with Gasteiger partial charge in [0.05, 0.1) is 18.0 Å². The summed E-state index contributed by atoms with van der Waals surface area (Å²) in [5.41, 5.74) is 8.05. The molecule has 0 unspecified atom stereocenters. The highest BCUT2D eigenvalue weighted by Gasteiger charge is 2.08. The fourth-order valence-corrected chi connectivity index (χ4v) is 2.76. The number of nitrogens with zero attached hydrogens (tertiary/aromatic N) is 3. The van der Waals surface area contributed by atoms with Crippen molar-refractivity contribution in [3.8, 4) is 0 Å². The summed E-state index contributed by atoms with van der Waals surface area (Å²) < 4.78 is 1.93. The number of amides is 1. The van der Waals surface area contributed by atoms with E-state index in [-0.39, 0.29) is 5.91 Å². The lowest BCUT2D eigenvalue weighted by atomic mass is 10.1. The van der Waals surface area contributed by atoms with Crippen LogP contribution in [0.25, 0.3) is 0 Å². The van der Waals surface area contributed by atoms with Gasteiger partial charge in [0.2, 0.25) is 0 Å². The fourth-order valence-electron chi connectivity index (χ4n) is 2.76. The van der Waals surface area contributed by atoms with Crippen LogP contribution in [0.15, 0.2) is 65.8 Å². The Morgan fingerprint density at radius 1 is 1.04 bits per heavy atom. The van der Waals surface area contributed by atoms with Gasteiger partial charge < -0.3 is 0 Å². The van der Waals surface area contributed by atoms with E-state index in [0.29, 0.717) is 12.1 Å². The molecule has 1 amide bonds. The minimum Gasteiger partial charge on any atom is -0.267 e. The van der Waals surface area contributed by atoms with Gasteiger partial charge in [-0.2, -0.15) is 10.2 Å². The number of hydrogen-bond donors (Lipinski definition) is 1. The van der Waals surface area contributed by atoms with Crippen molar-refractivity contribution in [1.29, 1.82) is 0 Å². The van der Waals surface area contributed by atoms with Crippen LogP contribution >= 0.6 is 0 Å². The third-order valence-electron chi connectivity index (χ3n) is 4.14. The molecule has 0 spiro atoms. The Morgan fingerprint density at radius 2 is 1.77 bits per heavy atom. The first-order valence-corrected chi connectivity index (χ1v) is 8.53. The van der Waals surface area contributed by atoms with Crippen LogP contribution in [-0.2, 0) is 6.54 Å². The number of aryl methyl sites for hydroxylation is 2. The summed E-state index contributed by atoms with van der Waals surface area (Å²) in [6.07, 6.45) is 0. The second-order valence-corrected chi connectivity index (χ2v) is 6.29. The molecule has 2 aromatic carbocycles. The molecule has 0 fully saturated rings. The second-order valence-electron chi connectivity index (χ2n) is 6.29. The molecular formula is C21H22N4O. The quantitative estimate of drug-likeness (QED) is 0.566. The molecule has 0 saturated carbocycles. The predicted octanol–water partition coefficient (Wildman–Crippen LogP) is 3.70. The number of benzene rings is 2. The predicted molar refractivity (Wildman–Crippen MR) is 103 cm³/mol. The Morgan fingerprint density at radius 3 is 2.46 bits per heavy atom. The standard InChI is InChI=1S/C21H22N4O/c1-15-12-16(2)25(24-15)14-18-8-7-11-20(13-18)21(26)23-22-17(3)19-9-5-4-6-10-19/h4-13H,14H2,1-3H3,(H,23,26)/b22-17+. The van der Waals surface area contributed by atoms with Gasteiger partial charge >= 0.3 is 0 Å². The van der Waals surface area contributed by atoms with Crippen LogP contribution < -0.4 is 5.43 Å². The molecule has 0 radical (unpaired) electrons. The molecule has 26 heavy (non-hydrogen) atoms. The smallest absolute Gasteiger partial charge is 0.267 e. The van der Waals surface area contributed by atoms with Crippen molar-refractivity contribution in [1.82, 2.24) is 15.2 Å². The minimum atomic E-state index is -0.226. The highest BCUT2D eigenvalue weighted by molar-refractivity contribution is 6.00. The summed E-state index contributed by atoms with van der Waals surface area (Å²) in [6, 6.07) is 19.3. The van der Waals surface area contributed by atoms with Crippen LogP contribution in [0.3, 0.4) is 0 Å².